The van der Waals surface area contributed by atoms with Crippen LogP contribution in [0, 0.1) is 30.1 Å². The molecule has 1 fully saturated rings. The molecule has 1 aromatic carbocycles. The van der Waals surface area contributed by atoms with Gasteiger partial charge in [-0.05, 0) is 31.5 Å². The minimum atomic E-state index is -3.10. The van der Waals surface area contributed by atoms with Gasteiger partial charge < -0.3 is 10.2 Å². The van der Waals surface area contributed by atoms with Crippen molar-refractivity contribution in [1.82, 2.24) is 20.0 Å². The molecule has 0 saturated carbocycles. The lowest BCUT2D eigenvalue weighted by atomic mass is 10.1. The molecule has 9 heteroatoms. The predicted molar refractivity (Wildman–Crippen MR) is 108 cm³/mol. The third kappa shape index (κ3) is 5.26. The van der Waals surface area contributed by atoms with E-state index >= 15 is 0 Å². The highest BCUT2D eigenvalue weighted by atomic mass is 19.3. The molecule has 1 N–H and O–H groups in total. The number of alkyl halides is 2. The molecule has 0 unspecified atom stereocenters. The zero-order valence-corrected chi connectivity index (χ0v) is 17.2. The standard InChI is InChI=1S/C22H21F2N5O2/c1-3-5-16-6-4-7-17(8-16)12-28-13-19(15(2)27-28)21(31)26-11-20(30)29-14-22(23,24)9-18(29)10-25/h4,6-8,13,18H,9,11-12,14H2,1-2H3,(H,26,31)/t18-/m0/s1. The smallest absolute Gasteiger partial charge is 0.268 e. The molecule has 31 heavy (non-hydrogen) atoms. The molecular weight excluding hydrogens is 404 g/mol. The molecule has 7 nitrogen and oxygen atoms in total. The van der Waals surface area contributed by atoms with Crippen LogP contribution in [0.3, 0.4) is 0 Å². The van der Waals surface area contributed by atoms with Crippen LogP contribution in [0.4, 0.5) is 8.78 Å². The first kappa shape index (κ1) is 22.0. The van der Waals surface area contributed by atoms with Gasteiger partial charge in [0.05, 0.1) is 37.0 Å². The Balaban J connectivity index is 1.63. The molecule has 0 radical (unpaired) electrons. The van der Waals surface area contributed by atoms with Crippen LogP contribution in [0.25, 0.3) is 0 Å². The van der Waals surface area contributed by atoms with E-state index in [1.165, 1.54) is 0 Å². The Bertz CT molecular complexity index is 1110. The van der Waals surface area contributed by atoms with E-state index in [1.807, 2.05) is 24.3 Å². The summed E-state index contributed by atoms with van der Waals surface area (Å²) in [6.45, 7) is 2.56. The molecule has 3 rings (SSSR count). The van der Waals surface area contributed by atoms with Gasteiger partial charge in [0, 0.05) is 18.2 Å². The van der Waals surface area contributed by atoms with E-state index in [2.05, 4.69) is 22.3 Å². The Hall–Kier alpha value is -3.72. The van der Waals surface area contributed by atoms with E-state index in [0.717, 1.165) is 16.0 Å². The number of halogens is 2. The molecule has 0 aliphatic carbocycles. The third-order valence-electron chi connectivity index (χ3n) is 4.87. The summed E-state index contributed by atoms with van der Waals surface area (Å²) >= 11 is 0. The largest absolute Gasteiger partial charge is 0.343 e. The van der Waals surface area contributed by atoms with Crippen molar-refractivity contribution in [2.24, 2.45) is 0 Å². The molecule has 1 atom stereocenters. The van der Waals surface area contributed by atoms with Crippen molar-refractivity contribution in [1.29, 1.82) is 5.26 Å². The number of nitrogens with one attached hydrogen (secondary N) is 1. The molecular formula is C22H21F2N5O2. The molecule has 1 aromatic heterocycles. The highest BCUT2D eigenvalue weighted by molar-refractivity contribution is 5.97. The average Bonchev–Trinajstić information content (AvgIpc) is 3.24. The van der Waals surface area contributed by atoms with Crippen molar-refractivity contribution in [2.75, 3.05) is 13.1 Å². The molecule has 0 spiro atoms. The predicted octanol–water partition coefficient (Wildman–Crippen LogP) is 2.10. The van der Waals surface area contributed by atoms with Crippen molar-refractivity contribution in [3.8, 4) is 17.9 Å². The van der Waals surface area contributed by atoms with Crippen LogP contribution in [0.1, 0.15) is 40.5 Å². The highest BCUT2D eigenvalue weighted by Gasteiger charge is 2.47. The van der Waals surface area contributed by atoms with E-state index in [4.69, 9.17) is 5.26 Å². The van der Waals surface area contributed by atoms with Crippen LogP contribution in [0.15, 0.2) is 30.5 Å². The van der Waals surface area contributed by atoms with Crippen LogP contribution < -0.4 is 5.32 Å². The lowest BCUT2D eigenvalue weighted by Gasteiger charge is -2.19. The number of rotatable bonds is 5. The maximum Gasteiger partial charge on any atom is 0.268 e. The Labute approximate surface area is 178 Å². The number of nitriles is 1. The van der Waals surface area contributed by atoms with Gasteiger partial charge in [0.15, 0.2) is 0 Å². The maximum atomic E-state index is 13.5. The van der Waals surface area contributed by atoms with Gasteiger partial charge in [-0.2, -0.15) is 10.4 Å². The number of carbonyl (C=O) groups is 2. The van der Waals surface area contributed by atoms with Crippen LogP contribution in [0.5, 0.6) is 0 Å². The van der Waals surface area contributed by atoms with Crippen molar-refractivity contribution in [3.63, 3.8) is 0 Å². The molecule has 1 aliphatic heterocycles. The van der Waals surface area contributed by atoms with E-state index in [9.17, 15) is 18.4 Å². The Kier molecular flexibility index (Phi) is 6.36. The summed E-state index contributed by atoms with van der Waals surface area (Å²) in [7, 11) is 0. The SMILES string of the molecule is CC#Cc1cccc(Cn2cc(C(=O)NCC(=O)N3CC(F)(F)C[C@H]3C#N)c(C)n2)c1. The first-order chi connectivity index (χ1) is 14.7. The van der Waals surface area contributed by atoms with E-state index < -0.39 is 43.3 Å². The Morgan fingerprint density at radius 2 is 2.16 bits per heavy atom. The molecule has 2 aromatic rings. The quantitative estimate of drug-likeness (QED) is 0.743. The molecule has 1 saturated heterocycles. The van der Waals surface area contributed by atoms with Gasteiger partial charge in [0.25, 0.3) is 11.8 Å². The van der Waals surface area contributed by atoms with Gasteiger partial charge in [-0.3, -0.25) is 14.3 Å². The number of likely N-dealkylation sites (tertiary alicyclic amines) is 1. The minimum absolute atomic E-state index is 0.279. The summed E-state index contributed by atoms with van der Waals surface area (Å²) in [5, 5.41) is 15.8. The van der Waals surface area contributed by atoms with Gasteiger partial charge in [-0.15, -0.1) is 5.92 Å². The van der Waals surface area contributed by atoms with Crippen molar-refractivity contribution < 1.29 is 18.4 Å². The fourth-order valence-corrected chi connectivity index (χ4v) is 3.45. The van der Waals surface area contributed by atoms with Crippen LogP contribution in [0.2, 0.25) is 0 Å². The summed E-state index contributed by atoms with van der Waals surface area (Å²) < 4.78 is 28.6. The van der Waals surface area contributed by atoms with Crippen LogP contribution in [-0.4, -0.2) is 51.5 Å². The Morgan fingerprint density at radius 3 is 2.87 bits per heavy atom. The zero-order chi connectivity index (χ0) is 22.6. The van der Waals surface area contributed by atoms with Gasteiger partial charge in [-0.25, -0.2) is 8.78 Å². The summed E-state index contributed by atoms with van der Waals surface area (Å²) in [5.74, 6) is 1.46. The fraction of sp³-hybridized carbons (Fsp3) is 0.364. The molecule has 160 valence electrons. The number of carbonyl (C=O) groups excluding carboxylic acids is 2. The first-order valence-electron chi connectivity index (χ1n) is 9.63. The summed E-state index contributed by atoms with van der Waals surface area (Å²) in [5.41, 5.74) is 2.59. The second-order valence-corrected chi connectivity index (χ2v) is 7.31. The van der Waals surface area contributed by atoms with E-state index in [-0.39, 0.29) is 5.56 Å². The number of amides is 2. The topological polar surface area (TPSA) is 91.0 Å². The summed E-state index contributed by atoms with van der Waals surface area (Å²) in [6.07, 6.45) is 0.871. The van der Waals surface area contributed by atoms with Gasteiger partial charge in [0.1, 0.15) is 6.04 Å². The molecule has 2 heterocycles. The number of hydrogen-bond acceptors (Lipinski definition) is 4. The minimum Gasteiger partial charge on any atom is -0.343 e. The van der Waals surface area contributed by atoms with E-state index in [1.54, 1.807) is 30.8 Å². The highest BCUT2D eigenvalue weighted by Crippen LogP contribution is 2.31. The third-order valence-corrected chi connectivity index (χ3v) is 4.87. The van der Waals surface area contributed by atoms with Crippen molar-refractivity contribution in [3.05, 3.63) is 52.8 Å². The number of aryl methyl sites for hydroxylation is 1. The molecule has 0 bridgehead atoms. The zero-order valence-electron chi connectivity index (χ0n) is 17.2. The Morgan fingerprint density at radius 1 is 1.39 bits per heavy atom. The normalized spacial score (nSPS) is 16.9. The number of hydrogen-bond donors (Lipinski definition) is 1. The van der Waals surface area contributed by atoms with Crippen LogP contribution >= 0.6 is 0 Å². The van der Waals surface area contributed by atoms with Crippen molar-refractivity contribution >= 4 is 11.8 Å². The average molecular weight is 425 g/mol. The lowest BCUT2D eigenvalue weighted by molar-refractivity contribution is -0.131. The van der Waals surface area contributed by atoms with Crippen molar-refractivity contribution in [2.45, 2.75) is 38.8 Å². The second kappa shape index (κ2) is 8.97. The lowest BCUT2D eigenvalue weighted by Crippen LogP contribution is -2.43. The van der Waals surface area contributed by atoms with E-state index in [0.29, 0.717) is 12.2 Å². The number of aromatic nitrogens is 2. The number of nitrogens with zero attached hydrogens (tertiary/aromatic N) is 4. The van der Waals surface area contributed by atoms with Crippen LogP contribution in [-0.2, 0) is 11.3 Å². The fourth-order valence-electron chi connectivity index (χ4n) is 3.45. The molecule has 1 aliphatic rings. The second-order valence-electron chi connectivity index (χ2n) is 7.31. The maximum absolute atomic E-state index is 13.5. The van der Waals surface area contributed by atoms with Gasteiger partial charge in [0.2, 0.25) is 5.91 Å². The monoisotopic (exact) mass is 425 g/mol. The number of benzene rings is 1. The summed E-state index contributed by atoms with van der Waals surface area (Å²) in [4.78, 5) is 25.6. The van der Waals surface area contributed by atoms with Gasteiger partial charge in [-0.1, -0.05) is 18.1 Å². The summed E-state index contributed by atoms with van der Waals surface area (Å²) in [6, 6.07) is 8.16. The molecule has 2 amide bonds. The first-order valence-corrected chi connectivity index (χ1v) is 9.63. The van der Waals surface area contributed by atoms with Gasteiger partial charge >= 0.3 is 0 Å².